The zero-order valence-corrected chi connectivity index (χ0v) is 8.03. The van der Waals surface area contributed by atoms with Gasteiger partial charge in [0.15, 0.2) is 0 Å². The first-order chi connectivity index (χ1) is 6.20. The quantitative estimate of drug-likeness (QED) is 0.481. The Labute approximate surface area is 79.0 Å². The summed E-state index contributed by atoms with van der Waals surface area (Å²) in [4.78, 5) is 11.0. The minimum Gasteiger partial charge on any atom is -0.459 e. The van der Waals surface area contributed by atoms with Gasteiger partial charge in [-0.3, -0.25) is 0 Å². The van der Waals surface area contributed by atoms with Crippen LogP contribution in [-0.2, 0) is 9.53 Å². The van der Waals surface area contributed by atoms with Gasteiger partial charge in [0, 0.05) is 6.08 Å². The van der Waals surface area contributed by atoms with E-state index in [0.717, 1.165) is 18.3 Å². The summed E-state index contributed by atoms with van der Waals surface area (Å²) in [5.41, 5.74) is 0. The minimum atomic E-state index is -0.259. The normalized spacial score (nSPS) is 41.9. The molecule has 2 rings (SSSR count). The average Bonchev–Trinajstić information content (AvgIpc) is 2.63. The Kier molecular flexibility index (Phi) is 2.14. The van der Waals surface area contributed by atoms with E-state index in [1.54, 1.807) is 0 Å². The molecule has 2 aliphatic carbocycles. The van der Waals surface area contributed by atoms with Crippen molar-refractivity contribution >= 4 is 5.97 Å². The van der Waals surface area contributed by atoms with Crippen LogP contribution in [0.2, 0.25) is 0 Å². The standard InChI is InChI=1S/C11H16O2/c1-3-11(12)13-10-6-8-5-9(10)4-7(8)2/h3,7-10H,1,4-6H2,2H3/t7-,8+,9-,10-/m0/s1. The van der Waals surface area contributed by atoms with Crippen LogP contribution in [-0.4, -0.2) is 12.1 Å². The number of hydrogen-bond donors (Lipinski definition) is 0. The summed E-state index contributed by atoms with van der Waals surface area (Å²) in [5.74, 6) is 2.01. The largest absolute Gasteiger partial charge is 0.459 e. The van der Waals surface area contributed by atoms with Crippen LogP contribution in [0.1, 0.15) is 26.2 Å². The highest BCUT2D eigenvalue weighted by molar-refractivity contribution is 5.81. The SMILES string of the molecule is C=CC(=O)O[C@H]1C[C@H]2C[C@@H]1C[C@@H]2C. The van der Waals surface area contributed by atoms with Crippen LogP contribution >= 0.6 is 0 Å². The minimum absolute atomic E-state index is 0.187. The lowest BCUT2D eigenvalue weighted by Gasteiger charge is -2.24. The molecule has 72 valence electrons. The van der Waals surface area contributed by atoms with Gasteiger partial charge in [-0.05, 0) is 37.0 Å². The van der Waals surface area contributed by atoms with Crippen LogP contribution in [0.4, 0.5) is 0 Å². The molecular formula is C11H16O2. The topological polar surface area (TPSA) is 26.3 Å². The summed E-state index contributed by atoms with van der Waals surface area (Å²) < 4.78 is 5.29. The van der Waals surface area contributed by atoms with Crippen molar-refractivity contribution < 1.29 is 9.53 Å². The Hall–Kier alpha value is -0.790. The molecule has 0 amide bonds. The zero-order chi connectivity index (χ0) is 9.42. The zero-order valence-electron chi connectivity index (χ0n) is 8.03. The van der Waals surface area contributed by atoms with Gasteiger partial charge in [0.1, 0.15) is 6.10 Å². The monoisotopic (exact) mass is 180 g/mol. The third-order valence-electron chi connectivity index (χ3n) is 3.58. The predicted molar refractivity (Wildman–Crippen MR) is 50.1 cm³/mol. The molecule has 2 fully saturated rings. The number of carbonyl (C=O) groups is 1. The second kappa shape index (κ2) is 3.17. The second-order valence-electron chi connectivity index (χ2n) is 4.38. The van der Waals surface area contributed by atoms with Crippen LogP contribution < -0.4 is 0 Å². The highest BCUT2D eigenvalue weighted by Gasteiger charge is 2.45. The van der Waals surface area contributed by atoms with Crippen molar-refractivity contribution in [2.45, 2.75) is 32.3 Å². The summed E-state index contributed by atoms with van der Waals surface area (Å²) in [6.45, 7) is 5.71. The number of hydrogen-bond acceptors (Lipinski definition) is 2. The van der Waals surface area contributed by atoms with Crippen LogP contribution in [0.25, 0.3) is 0 Å². The third-order valence-corrected chi connectivity index (χ3v) is 3.58. The first kappa shape index (κ1) is 8.79. The Balaban J connectivity index is 1.92. The molecule has 2 bridgehead atoms. The van der Waals surface area contributed by atoms with Gasteiger partial charge in [-0.2, -0.15) is 0 Å². The lowest BCUT2D eigenvalue weighted by atomic mass is 9.89. The van der Waals surface area contributed by atoms with Gasteiger partial charge >= 0.3 is 5.97 Å². The smallest absolute Gasteiger partial charge is 0.330 e. The number of esters is 1. The third kappa shape index (κ3) is 1.50. The molecule has 4 atom stereocenters. The van der Waals surface area contributed by atoms with Crippen molar-refractivity contribution in [3.63, 3.8) is 0 Å². The van der Waals surface area contributed by atoms with E-state index >= 15 is 0 Å². The van der Waals surface area contributed by atoms with E-state index in [4.69, 9.17) is 4.74 Å². The van der Waals surface area contributed by atoms with Crippen molar-refractivity contribution in [3.05, 3.63) is 12.7 Å². The van der Waals surface area contributed by atoms with E-state index in [1.807, 2.05) is 0 Å². The van der Waals surface area contributed by atoms with Crippen LogP contribution in [0.5, 0.6) is 0 Å². The van der Waals surface area contributed by atoms with Gasteiger partial charge in [0.2, 0.25) is 0 Å². The van der Waals surface area contributed by atoms with Crippen molar-refractivity contribution in [2.24, 2.45) is 17.8 Å². The number of fused-ring (bicyclic) bond motifs is 2. The van der Waals surface area contributed by atoms with Gasteiger partial charge in [0.25, 0.3) is 0 Å². The molecular weight excluding hydrogens is 164 g/mol. The van der Waals surface area contributed by atoms with Gasteiger partial charge < -0.3 is 4.74 Å². The average molecular weight is 180 g/mol. The van der Waals surface area contributed by atoms with E-state index < -0.39 is 0 Å². The molecule has 0 spiro atoms. The first-order valence-electron chi connectivity index (χ1n) is 5.03. The van der Waals surface area contributed by atoms with E-state index in [9.17, 15) is 4.79 Å². The summed E-state index contributed by atoms with van der Waals surface area (Å²) in [6, 6.07) is 0. The number of carbonyl (C=O) groups excluding carboxylic acids is 1. The molecule has 2 aliphatic rings. The van der Waals surface area contributed by atoms with Gasteiger partial charge in [0.05, 0.1) is 0 Å². The van der Waals surface area contributed by atoms with Crippen molar-refractivity contribution in [3.8, 4) is 0 Å². The van der Waals surface area contributed by atoms with Crippen molar-refractivity contribution in [1.82, 2.24) is 0 Å². The molecule has 2 saturated carbocycles. The van der Waals surface area contributed by atoms with E-state index in [1.165, 1.54) is 18.9 Å². The molecule has 0 aromatic heterocycles. The fourth-order valence-electron chi connectivity index (χ4n) is 2.85. The maximum atomic E-state index is 11.0. The van der Waals surface area contributed by atoms with Crippen LogP contribution in [0, 0.1) is 17.8 Å². The van der Waals surface area contributed by atoms with Crippen LogP contribution in [0.3, 0.4) is 0 Å². The van der Waals surface area contributed by atoms with E-state index in [0.29, 0.717) is 5.92 Å². The van der Waals surface area contributed by atoms with Gasteiger partial charge in [-0.25, -0.2) is 4.79 Å². The van der Waals surface area contributed by atoms with E-state index in [2.05, 4.69) is 13.5 Å². The molecule has 2 heteroatoms. The molecule has 0 radical (unpaired) electrons. The molecule has 0 heterocycles. The fraction of sp³-hybridized carbons (Fsp3) is 0.727. The molecule has 0 unspecified atom stereocenters. The maximum absolute atomic E-state index is 11.0. The molecule has 0 saturated heterocycles. The summed E-state index contributed by atoms with van der Waals surface area (Å²) in [7, 11) is 0. The highest BCUT2D eigenvalue weighted by atomic mass is 16.5. The second-order valence-corrected chi connectivity index (χ2v) is 4.38. The lowest BCUT2D eigenvalue weighted by molar-refractivity contribution is -0.145. The first-order valence-corrected chi connectivity index (χ1v) is 5.03. The molecule has 0 aromatic carbocycles. The van der Waals surface area contributed by atoms with E-state index in [-0.39, 0.29) is 12.1 Å². The fourth-order valence-corrected chi connectivity index (χ4v) is 2.85. The number of rotatable bonds is 2. The van der Waals surface area contributed by atoms with Crippen molar-refractivity contribution in [2.75, 3.05) is 0 Å². The lowest BCUT2D eigenvalue weighted by Crippen LogP contribution is -2.25. The maximum Gasteiger partial charge on any atom is 0.330 e. The Morgan fingerprint density at radius 3 is 2.62 bits per heavy atom. The predicted octanol–water partition coefficient (Wildman–Crippen LogP) is 2.15. The highest BCUT2D eigenvalue weighted by Crippen LogP contribution is 2.49. The Morgan fingerprint density at radius 1 is 1.38 bits per heavy atom. The summed E-state index contributed by atoms with van der Waals surface area (Å²) in [5, 5.41) is 0. The Morgan fingerprint density at radius 2 is 2.15 bits per heavy atom. The molecule has 0 N–H and O–H groups in total. The number of ether oxygens (including phenoxy) is 1. The molecule has 2 nitrogen and oxygen atoms in total. The van der Waals surface area contributed by atoms with Gasteiger partial charge in [-0.15, -0.1) is 0 Å². The van der Waals surface area contributed by atoms with Gasteiger partial charge in [-0.1, -0.05) is 13.5 Å². The Bertz CT molecular complexity index is 232. The summed E-state index contributed by atoms with van der Waals surface area (Å²) >= 11 is 0. The van der Waals surface area contributed by atoms with Crippen molar-refractivity contribution in [1.29, 1.82) is 0 Å². The molecule has 0 aliphatic heterocycles. The summed E-state index contributed by atoms with van der Waals surface area (Å²) in [6.07, 6.45) is 5.02. The molecule has 13 heavy (non-hydrogen) atoms. The molecule has 0 aromatic rings. The van der Waals surface area contributed by atoms with Crippen LogP contribution in [0.15, 0.2) is 12.7 Å².